The zero-order chi connectivity index (χ0) is 13.9. The summed E-state index contributed by atoms with van der Waals surface area (Å²) in [5.41, 5.74) is 0.0623. The molecule has 1 aromatic heterocycles. The van der Waals surface area contributed by atoms with E-state index >= 15 is 0 Å². The van der Waals surface area contributed by atoms with Crippen molar-refractivity contribution in [1.82, 2.24) is 5.32 Å². The van der Waals surface area contributed by atoms with Crippen LogP contribution in [0.3, 0.4) is 0 Å². The molecule has 1 amide bonds. The third kappa shape index (κ3) is 4.49. The average Bonchev–Trinajstić information content (AvgIpc) is 2.60. The van der Waals surface area contributed by atoms with Crippen molar-refractivity contribution in [2.24, 2.45) is 0 Å². The van der Waals surface area contributed by atoms with Gasteiger partial charge in [-0.15, -0.1) is 11.3 Å². The van der Waals surface area contributed by atoms with Crippen molar-refractivity contribution in [2.45, 2.75) is 46.3 Å². The van der Waals surface area contributed by atoms with Crippen LogP contribution in [-0.4, -0.2) is 23.5 Å². The summed E-state index contributed by atoms with van der Waals surface area (Å²) < 4.78 is 5.10. The van der Waals surface area contributed by atoms with Gasteiger partial charge in [-0.05, 0) is 40.7 Å². The van der Waals surface area contributed by atoms with Gasteiger partial charge in [-0.25, -0.2) is 4.79 Å². The molecule has 0 aliphatic carbocycles. The summed E-state index contributed by atoms with van der Waals surface area (Å²) in [6.45, 7) is 8.93. The predicted molar refractivity (Wildman–Crippen MR) is 72.2 cm³/mol. The molecular weight excluding hydrogens is 250 g/mol. The zero-order valence-corrected chi connectivity index (χ0v) is 12.2. The fourth-order valence-corrected chi connectivity index (χ4v) is 2.06. The highest BCUT2D eigenvalue weighted by molar-refractivity contribution is 7.10. The number of amides is 1. The second-order valence-corrected chi connectivity index (χ2v) is 6.29. The van der Waals surface area contributed by atoms with E-state index in [9.17, 15) is 9.59 Å². The lowest BCUT2D eigenvalue weighted by molar-refractivity contribution is 0.0497. The normalized spacial score (nSPS) is 12.9. The van der Waals surface area contributed by atoms with E-state index in [0.29, 0.717) is 5.56 Å². The van der Waals surface area contributed by atoms with Gasteiger partial charge in [0, 0.05) is 15.8 Å². The molecule has 0 aliphatic heterocycles. The molecule has 1 heterocycles. The molecule has 0 bridgehead atoms. The van der Waals surface area contributed by atoms with E-state index in [4.69, 9.17) is 4.74 Å². The summed E-state index contributed by atoms with van der Waals surface area (Å²) in [7, 11) is 0. The second kappa shape index (κ2) is 5.52. The number of carbonyl (C=O) groups is 2. The number of Topliss-reactive ketones (excluding diaryl/α,β-unsaturated/α-hetero) is 1. The molecule has 0 aromatic carbocycles. The van der Waals surface area contributed by atoms with Crippen LogP contribution in [0.2, 0.25) is 0 Å². The number of hydrogen-bond donors (Lipinski definition) is 1. The van der Waals surface area contributed by atoms with Crippen LogP contribution in [0.4, 0.5) is 4.79 Å². The first-order valence-electron chi connectivity index (χ1n) is 5.78. The molecule has 4 nitrogen and oxygen atoms in total. The molecule has 5 heteroatoms. The van der Waals surface area contributed by atoms with E-state index in [0.717, 1.165) is 4.88 Å². The summed E-state index contributed by atoms with van der Waals surface area (Å²) in [5, 5.41) is 4.33. The summed E-state index contributed by atoms with van der Waals surface area (Å²) in [4.78, 5) is 24.6. The number of ether oxygens (including phenoxy) is 1. The van der Waals surface area contributed by atoms with Crippen molar-refractivity contribution in [3.63, 3.8) is 0 Å². The van der Waals surface area contributed by atoms with Gasteiger partial charge in [0.1, 0.15) is 5.60 Å². The fraction of sp³-hybridized carbons (Fsp3) is 0.538. The first-order valence-corrected chi connectivity index (χ1v) is 6.66. The van der Waals surface area contributed by atoms with Crippen molar-refractivity contribution >= 4 is 23.2 Å². The lowest BCUT2D eigenvalue weighted by Gasteiger charge is -2.21. The molecule has 0 radical (unpaired) electrons. The Morgan fingerprint density at radius 2 is 2.00 bits per heavy atom. The van der Waals surface area contributed by atoms with Crippen molar-refractivity contribution in [3.8, 4) is 0 Å². The highest BCUT2D eigenvalue weighted by atomic mass is 32.1. The van der Waals surface area contributed by atoms with Gasteiger partial charge in [-0.1, -0.05) is 0 Å². The number of thiophene rings is 1. The molecule has 0 saturated carbocycles. The molecule has 0 aliphatic rings. The largest absolute Gasteiger partial charge is 0.444 e. The molecule has 1 atom stereocenters. The number of alkyl carbamates (subject to hydrolysis) is 1. The maximum absolute atomic E-state index is 12.0. The Bertz CT molecular complexity index is 445. The van der Waals surface area contributed by atoms with Crippen LogP contribution < -0.4 is 5.32 Å². The minimum Gasteiger partial charge on any atom is -0.444 e. The summed E-state index contributed by atoms with van der Waals surface area (Å²) in [5.74, 6) is -0.106. The maximum atomic E-state index is 12.0. The molecule has 0 fully saturated rings. The predicted octanol–water partition coefficient (Wildman–Crippen LogP) is 3.15. The van der Waals surface area contributed by atoms with Crippen LogP contribution in [0.1, 0.15) is 42.9 Å². The standard InChI is InChI=1S/C13H19NO3S/c1-8-6-10(7-18-8)11(15)9(2)14-12(16)17-13(3,4)5/h6-7,9H,1-5H3,(H,14,16)/t9-/m1/s1. The van der Waals surface area contributed by atoms with E-state index in [-0.39, 0.29) is 5.78 Å². The molecule has 1 rings (SSSR count). The Morgan fingerprint density at radius 3 is 2.44 bits per heavy atom. The average molecular weight is 269 g/mol. The van der Waals surface area contributed by atoms with E-state index in [1.165, 1.54) is 11.3 Å². The molecule has 0 unspecified atom stereocenters. The molecular formula is C13H19NO3S. The van der Waals surface area contributed by atoms with Gasteiger partial charge < -0.3 is 10.1 Å². The number of rotatable bonds is 3. The van der Waals surface area contributed by atoms with Crippen LogP contribution in [0.25, 0.3) is 0 Å². The Morgan fingerprint density at radius 1 is 1.39 bits per heavy atom. The van der Waals surface area contributed by atoms with E-state index < -0.39 is 17.7 Å². The summed E-state index contributed by atoms with van der Waals surface area (Å²) >= 11 is 1.51. The molecule has 1 aromatic rings. The van der Waals surface area contributed by atoms with E-state index in [2.05, 4.69) is 5.32 Å². The molecule has 0 spiro atoms. The summed E-state index contributed by atoms with van der Waals surface area (Å²) in [6.07, 6.45) is -0.574. The first-order chi connectivity index (χ1) is 8.19. The maximum Gasteiger partial charge on any atom is 0.408 e. The lowest BCUT2D eigenvalue weighted by Crippen LogP contribution is -2.41. The van der Waals surface area contributed by atoms with Gasteiger partial charge in [0.15, 0.2) is 5.78 Å². The number of aryl methyl sites for hydroxylation is 1. The number of carbonyl (C=O) groups excluding carboxylic acids is 2. The van der Waals surface area contributed by atoms with Crippen LogP contribution in [0, 0.1) is 6.92 Å². The van der Waals surface area contributed by atoms with Crippen LogP contribution in [0.5, 0.6) is 0 Å². The number of nitrogens with one attached hydrogen (secondary N) is 1. The van der Waals surface area contributed by atoms with Gasteiger partial charge in [-0.3, -0.25) is 4.79 Å². The fourth-order valence-electron chi connectivity index (χ4n) is 1.37. The van der Waals surface area contributed by atoms with Crippen LogP contribution in [-0.2, 0) is 4.74 Å². The third-order valence-corrected chi connectivity index (χ3v) is 3.00. The molecule has 0 saturated heterocycles. The molecule has 18 heavy (non-hydrogen) atoms. The minimum absolute atomic E-state index is 0.106. The van der Waals surface area contributed by atoms with Gasteiger partial charge in [0.25, 0.3) is 0 Å². The lowest BCUT2D eigenvalue weighted by atomic mass is 10.1. The number of ketones is 1. The molecule has 100 valence electrons. The SMILES string of the molecule is Cc1cc(C(=O)[C@@H](C)NC(=O)OC(C)(C)C)cs1. The van der Waals surface area contributed by atoms with Crippen molar-refractivity contribution in [1.29, 1.82) is 0 Å². The van der Waals surface area contributed by atoms with Gasteiger partial charge in [0.05, 0.1) is 6.04 Å². The van der Waals surface area contributed by atoms with Gasteiger partial charge in [0.2, 0.25) is 0 Å². The van der Waals surface area contributed by atoms with E-state index in [1.807, 2.05) is 13.0 Å². The third-order valence-electron chi connectivity index (χ3n) is 2.14. The van der Waals surface area contributed by atoms with Crippen molar-refractivity contribution in [3.05, 3.63) is 21.9 Å². The first kappa shape index (κ1) is 14.7. The Hall–Kier alpha value is -1.36. The van der Waals surface area contributed by atoms with Gasteiger partial charge >= 0.3 is 6.09 Å². The quantitative estimate of drug-likeness (QED) is 0.858. The highest BCUT2D eigenvalue weighted by Gasteiger charge is 2.22. The van der Waals surface area contributed by atoms with Gasteiger partial charge in [-0.2, -0.15) is 0 Å². The highest BCUT2D eigenvalue weighted by Crippen LogP contribution is 2.15. The minimum atomic E-state index is -0.589. The van der Waals surface area contributed by atoms with Crippen molar-refractivity contribution < 1.29 is 14.3 Å². The Kier molecular flexibility index (Phi) is 4.51. The van der Waals surface area contributed by atoms with Crippen LogP contribution >= 0.6 is 11.3 Å². The second-order valence-electron chi connectivity index (χ2n) is 5.18. The molecule has 1 N–H and O–H groups in total. The van der Waals surface area contributed by atoms with Crippen LogP contribution in [0.15, 0.2) is 11.4 Å². The smallest absolute Gasteiger partial charge is 0.408 e. The summed E-state index contributed by atoms with van der Waals surface area (Å²) in [6, 6.07) is 1.23. The van der Waals surface area contributed by atoms with E-state index in [1.54, 1.807) is 33.1 Å². The topological polar surface area (TPSA) is 55.4 Å². The monoisotopic (exact) mass is 269 g/mol. The zero-order valence-electron chi connectivity index (χ0n) is 11.4. The Balaban J connectivity index is 2.58. The number of hydrogen-bond acceptors (Lipinski definition) is 4. The van der Waals surface area contributed by atoms with Crippen molar-refractivity contribution in [2.75, 3.05) is 0 Å². The Labute approximate surface area is 111 Å².